The SMILES string of the molecule is CC[C@@H](NC(=O)c1cccc(C(=O)O)c1)C(=O)N1CCC(c2ccc(Cl)cc2)C(C)(C)C1. The Bertz CT molecular complexity index is 1000. The summed E-state index contributed by atoms with van der Waals surface area (Å²) in [4.78, 5) is 38.9. The Morgan fingerprint density at radius 2 is 1.81 bits per heavy atom. The number of benzene rings is 2. The maximum atomic E-state index is 13.2. The zero-order valence-corrected chi connectivity index (χ0v) is 19.4. The maximum absolute atomic E-state index is 13.2. The number of carbonyl (C=O) groups is 3. The molecule has 0 aromatic heterocycles. The molecule has 6 nitrogen and oxygen atoms in total. The molecule has 2 amide bonds. The summed E-state index contributed by atoms with van der Waals surface area (Å²) in [7, 11) is 0. The number of hydrogen-bond acceptors (Lipinski definition) is 3. The number of aromatic carboxylic acids is 1. The van der Waals surface area contributed by atoms with Crippen LogP contribution in [-0.2, 0) is 4.79 Å². The molecule has 0 aliphatic carbocycles. The van der Waals surface area contributed by atoms with Gasteiger partial charge >= 0.3 is 5.97 Å². The first-order valence-electron chi connectivity index (χ1n) is 10.8. The van der Waals surface area contributed by atoms with Crippen LogP contribution in [0.1, 0.15) is 65.8 Å². The quantitative estimate of drug-likeness (QED) is 0.665. The third kappa shape index (κ3) is 5.30. The van der Waals surface area contributed by atoms with Crippen LogP contribution in [0.2, 0.25) is 5.02 Å². The number of carbonyl (C=O) groups excluding carboxylic acids is 2. The van der Waals surface area contributed by atoms with Crippen molar-refractivity contribution in [3.8, 4) is 0 Å². The second kappa shape index (κ2) is 9.74. The molecule has 0 spiro atoms. The predicted octanol–water partition coefficient (Wildman–Crippen LogP) is 4.59. The number of halogens is 1. The summed E-state index contributed by atoms with van der Waals surface area (Å²) < 4.78 is 0. The highest BCUT2D eigenvalue weighted by Gasteiger charge is 2.39. The molecule has 2 aromatic carbocycles. The van der Waals surface area contributed by atoms with Crippen LogP contribution < -0.4 is 5.32 Å². The van der Waals surface area contributed by atoms with E-state index in [1.807, 2.05) is 36.1 Å². The topological polar surface area (TPSA) is 86.7 Å². The van der Waals surface area contributed by atoms with Crippen molar-refractivity contribution >= 4 is 29.4 Å². The van der Waals surface area contributed by atoms with Crippen molar-refractivity contribution < 1.29 is 19.5 Å². The average molecular weight is 457 g/mol. The number of amides is 2. The first-order valence-corrected chi connectivity index (χ1v) is 11.2. The molecule has 2 aromatic rings. The van der Waals surface area contributed by atoms with Crippen LogP contribution in [0.25, 0.3) is 0 Å². The standard InChI is InChI=1S/C25H29ClN2O4/c1-4-21(27-22(29)17-6-5-7-18(14-17)24(31)32)23(30)28-13-12-20(25(2,3)15-28)16-8-10-19(26)11-9-16/h5-11,14,20-21H,4,12-13,15H2,1-3H3,(H,27,29)(H,31,32)/t20?,21-/m1/s1. The van der Waals surface area contributed by atoms with Crippen LogP contribution in [0.5, 0.6) is 0 Å². The Labute approximate surface area is 193 Å². The summed E-state index contributed by atoms with van der Waals surface area (Å²) in [5, 5.41) is 12.6. The number of likely N-dealkylation sites (tertiary alicyclic amines) is 1. The highest BCUT2D eigenvalue weighted by molar-refractivity contribution is 6.30. The number of hydrogen-bond donors (Lipinski definition) is 2. The van der Waals surface area contributed by atoms with E-state index in [2.05, 4.69) is 19.2 Å². The molecular formula is C25H29ClN2O4. The van der Waals surface area contributed by atoms with Crippen LogP contribution >= 0.6 is 11.6 Å². The lowest BCUT2D eigenvalue weighted by atomic mass is 9.70. The average Bonchev–Trinajstić information content (AvgIpc) is 2.77. The van der Waals surface area contributed by atoms with Crippen molar-refractivity contribution in [3.05, 3.63) is 70.2 Å². The lowest BCUT2D eigenvalue weighted by Gasteiger charge is -2.45. The Kier molecular flexibility index (Phi) is 7.24. The third-order valence-electron chi connectivity index (χ3n) is 6.20. The van der Waals surface area contributed by atoms with Gasteiger partial charge in [-0.3, -0.25) is 9.59 Å². The number of nitrogens with zero attached hydrogens (tertiary/aromatic N) is 1. The largest absolute Gasteiger partial charge is 0.478 e. The molecule has 7 heteroatoms. The molecular weight excluding hydrogens is 428 g/mol. The Balaban J connectivity index is 1.69. The summed E-state index contributed by atoms with van der Waals surface area (Å²) in [5.41, 5.74) is 1.32. The minimum atomic E-state index is -1.10. The summed E-state index contributed by atoms with van der Waals surface area (Å²) in [6, 6.07) is 13.0. The second-order valence-electron chi connectivity index (χ2n) is 8.96. The predicted molar refractivity (Wildman–Crippen MR) is 124 cm³/mol. The molecule has 1 saturated heterocycles. The van der Waals surface area contributed by atoms with Gasteiger partial charge < -0.3 is 15.3 Å². The van der Waals surface area contributed by atoms with E-state index in [0.29, 0.717) is 30.5 Å². The van der Waals surface area contributed by atoms with E-state index >= 15 is 0 Å². The first-order chi connectivity index (χ1) is 15.1. The summed E-state index contributed by atoms with van der Waals surface area (Å²) >= 11 is 6.03. The summed E-state index contributed by atoms with van der Waals surface area (Å²) in [5.74, 6) is -1.37. The fourth-order valence-corrected chi connectivity index (χ4v) is 4.58. The summed E-state index contributed by atoms with van der Waals surface area (Å²) in [6.45, 7) is 7.35. The van der Waals surface area contributed by atoms with E-state index in [4.69, 9.17) is 16.7 Å². The van der Waals surface area contributed by atoms with Crippen molar-refractivity contribution in [2.75, 3.05) is 13.1 Å². The van der Waals surface area contributed by atoms with Gasteiger partial charge in [0.2, 0.25) is 5.91 Å². The van der Waals surface area contributed by atoms with E-state index in [9.17, 15) is 14.4 Å². The van der Waals surface area contributed by atoms with Gasteiger partial charge in [0.05, 0.1) is 5.56 Å². The molecule has 1 aliphatic rings. The van der Waals surface area contributed by atoms with Gasteiger partial charge in [-0.25, -0.2) is 4.79 Å². The minimum absolute atomic E-state index is 0.0306. The molecule has 3 rings (SSSR count). The fraction of sp³-hybridized carbons (Fsp3) is 0.400. The minimum Gasteiger partial charge on any atom is -0.478 e. The first kappa shape index (κ1) is 23.8. The molecule has 1 heterocycles. The zero-order chi connectivity index (χ0) is 23.5. The van der Waals surface area contributed by atoms with Gasteiger partial charge in [-0.05, 0) is 60.1 Å². The molecule has 1 aliphatic heterocycles. The van der Waals surface area contributed by atoms with Crippen molar-refractivity contribution in [3.63, 3.8) is 0 Å². The van der Waals surface area contributed by atoms with Gasteiger partial charge in [0.25, 0.3) is 5.91 Å². The fourth-order valence-electron chi connectivity index (χ4n) is 4.45. The molecule has 2 atom stereocenters. The lowest BCUT2D eigenvalue weighted by molar-refractivity contribution is -0.136. The Morgan fingerprint density at radius 3 is 2.41 bits per heavy atom. The van der Waals surface area contributed by atoms with Crippen molar-refractivity contribution in [2.24, 2.45) is 5.41 Å². The van der Waals surface area contributed by atoms with E-state index in [1.54, 1.807) is 6.07 Å². The van der Waals surface area contributed by atoms with Gasteiger partial charge in [-0.1, -0.05) is 50.6 Å². The maximum Gasteiger partial charge on any atom is 0.335 e. The molecule has 0 bridgehead atoms. The molecule has 0 radical (unpaired) electrons. The molecule has 1 fully saturated rings. The van der Waals surface area contributed by atoms with Crippen LogP contribution in [0.3, 0.4) is 0 Å². The van der Waals surface area contributed by atoms with Crippen LogP contribution in [0, 0.1) is 5.41 Å². The highest BCUT2D eigenvalue weighted by Crippen LogP contribution is 2.42. The Morgan fingerprint density at radius 1 is 1.16 bits per heavy atom. The second-order valence-corrected chi connectivity index (χ2v) is 9.40. The van der Waals surface area contributed by atoms with Crippen LogP contribution in [-0.4, -0.2) is 46.9 Å². The smallest absolute Gasteiger partial charge is 0.335 e. The van der Waals surface area contributed by atoms with Crippen molar-refractivity contribution in [1.82, 2.24) is 10.2 Å². The molecule has 170 valence electrons. The van der Waals surface area contributed by atoms with E-state index in [-0.39, 0.29) is 22.4 Å². The van der Waals surface area contributed by atoms with Gasteiger partial charge in [0, 0.05) is 23.7 Å². The molecule has 2 N–H and O–H groups in total. The zero-order valence-electron chi connectivity index (χ0n) is 18.6. The molecule has 1 unspecified atom stereocenters. The van der Waals surface area contributed by atoms with Crippen LogP contribution in [0.4, 0.5) is 0 Å². The van der Waals surface area contributed by atoms with Gasteiger partial charge in [0.15, 0.2) is 0 Å². The number of nitrogens with one attached hydrogen (secondary N) is 1. The molecule has 32 heavy (non-hydrogen) atoms. The van der Waals surface area contributed by atoms with Gasteiger partial charge in [-0.2, -0.15) is 0 Å². The van der Waals surface area contributed by atoms with Gasteiger partial charge in [0.1, 0.15) is 6.04 Å². The number of piperidine rings is 1. The van der Waals surface area contributed by atoms with E-state index < -0.39 is 17.9 Å². The third-order valence-corrected chi connectivity index (χ3v) is 6.45. The number of carboxylic acid groups (broad SMARTS) is 1. The summed E-state index contributed by atoms with van der Waals surface area (Å²) in [6.07, 6.45) is 1.27. The normalized spacial score (nSPS) is 18.6. The lowest BCUT2D eigenvalue weighted by Crippen LogP contribution is -2.54. The van der Waals surface area contributed by atoms with Crippen molar-refractivity contribution in [2.45, 2.75) is 45.6 Å². The number of rotatable bonds is 6. The van der Waals surface area contributed by atoms with E-state index in [0.717, 1.165) is 6.42 Å². The number of carboxylic acids is 1. The highest BCUT2D eigenvalue weighted by atomic mass is 35.5. The van der Waals surface area contributed by atoms with Crippen LogP contribution in [0.15, 0.2) is 48.5 Å². The Hall–Kier alpha value is -2.86. The van der Waals surface area contributed by atoms with Crippen molar-refractivity contribution in [1.29, 1.82) is 0 Å². The monoisotopic (exact) mass is 456 g/mol. The molecule has 0 saturated carbocycles. The van der Waals surface area contributed by atoms with E-state index in [1.165, 1.54) is 23.8 Å². The van der Waals surface area contributed by atoms with Gasteiger partial charge in [-0.15, -0.1) is 0 Å².